The van der Waals surface area contributed by atoms with Crippen LogP contribution in [0.2, 0.25) is 0 Å². The second kappa shape index (κ2) is 11.1. The summed E-state index contributed by atoms with van der Waals surface area (Å²) in [4.78, 5) is 30.0. The van der Waals surface area contributed by atoms with Crippen LogP contribution in [0.4, 0.5) is 5.69 Å². The van der Waals surface area contributed by atoms with Gasteiger partial charge in [0.15, 0.2) is 0 Å². The molecule has 172 valence electrons. The van der Waals surface area contributed by atoms with Gasteiger partial charge in [0.2, 0.25) is 11.8 Å². The van der Waals surface area contributed by atoms with Crippen LogP contribution >= 0.6 is 11.3 Å². The number of hydrogen-bond donors (Lipinski definition) is 1. The standard InChI is InChI=1S/C27H30N2O3S/c1-2-32-23-16-14-22(15-17-23)29(25(30)19-24-13-8-18-33-24)26(20-9-4-3-5-10-20)27(31)28-21-11-6-7-12-21/h3-5,8-10,13-18,21,26H,2,6-7,11-12,19H2,1H3,(H,28,31)/t26-/m1/s1. The van der Waals surface area contributed by atoms with Gasteiger partial charge in [0.1, 0.15) is 11.8 Å². The highest BCUT2D eigenvalue weighted by Crippen LogP contribution is 2.31. The van der Waals surface area contributed by atoms with Crippen LogP contribution in [-0.4, -0.2) is 24.5 Å². The molecule has 2 aromatic carbocycles. The number of nitrogens with one attached hydrogen (secondary N) is 1. The second-order valence-electron chi connectivity index (χ2n) is 8.25. The number of carbonyl (C=O) groups excluding carboxylic acids is 2. The topological polar surface area (TPSA) is 58.6 Å². The molecule has 5 nitrogen and oxygen atoms in total. The first-order valence-corrected chi connectivity index (χ1v) is 12.5. The molecule has 0 unspecified atom stereocenters. The van der Waals surface area contributed by atoms with Gasteiger partial charge < -0.3 is 10.1 Å². The number of ether oxygens (including phenoxy) is 1. The Morgan fingerprint density at radius 1 is 1.03 bits per heavy atom. The van der Waals surface area contributed by atoms with Crippen molar-refractivity contribution in [3.05, 3.63) is 82.6 Å². The van der Waals surface area contributed by atoms with Gasteiger partial charge in [-0.05, 0) is 61.0 Å². The number of benzene rings is 2. The van der Waals surface area contributed by atoms with Crippen LogP contribution in [0.25, 0.3) is 0 Å². The van der Waals surface area contributed by atoms with Crippen LogP contribution < -0.4 is 15.0 Å². The largest absolute Gasteiger partial charge is 0.494 e. The summed E-state index contributed by atoms with van der Waals surface area (Å²) in [6.07, 6.45) is 4.46. The molecular formula is C27H30N2O3S. The van der Waals surface area contributed by atoms with Crippen molar-refractivity contribution in [2.45, 2.75) is 51.1 Å². The Hall–Kier alpha value is -3.12. The van der Waals surface area contributed by atoms with Crippen LogP contribution in [0.5, 0.6) is 5.75 Å². The van der Waals surface area contributed by atoms with E-state index in [-0.39, 0.29) is 24.3 Å². The van der Waals surface area contributed by atoms with E-state index in [0.29, 0.717) is 12.3 Å². The summed E-state index contributed by atoms with van der Waals surface area (Å²) < 4.78 is 5.59. The smallest absolute Gasteiger partial charge is 0.248 e. The van der Waals surface area contributed by atoms with Crippen LogP contribution in [0, 0.1) is 0 Å². The van der Waals surface area contributed by atoms with Gasteiger partial charge in [-0.3, -0.25) is 14.5 Å². The molecule has 1 saturated carbocycles. The van der Waals surface area contributed by atoms with E-state index < -0.39 is 6.04 Å². The fourth-order valence-electron chi connectivity index (χ4n) is 4.36. The molecule has 0 aliphatic heterocycles. The Labute approximate surface area is 199 Å². The fraction of sp³-hybridized carbons (Fsp3) is 0.333. The van der Waals surface area contributed by atoms with E-state index in [9.17, 15) is 9.59 Å². The van der Waals surface area contributed by atoms with Crippen molar-refractivity contribution in [2.24, 2.45) is 0 Å². The predicted molar refractivity (Wildman–Crippen MR) is 133 cm³/mol. The quantitative estimate of drug-likeness (QED) is 0.455. The van der Waals surface area contributed by atoms with Crippen molar-refractivity contribution in [2.75, 3.05) is 11.5 Å². The maximum absolute atomic E-state index is 13.7. The van der Waals surface area contributed by atoms with E-state index in [0.717, 1.165) is 41.9 Å². The highest BCUT2D eigenvalue weighted by molar-refractivity contribution is 7.10. The minimum absolute atomic E-state index is 0.114. The zero-order chi connectivity index (χ0) is 23.0. The number of hydrogen-bond acceptors (Lipinski definition) is 4. The summed E-state index contributed by atoms with van der Waals surface area (Å²) >= 11 is 1.55. The minimum atomic E-state index is -0.753. The molecule has 1 fully saturated rings. The molecule has 0 saturated heterocycles. The molecule has 6 heteroatoms. The lowest BCUT2D eigenvalue weighted by atomic mass is 10.0. The van der Waals surface area contributed by atoms with Crippen molar-refractivity contribution in [1.82, 2.24) is 5.32 Å². The van der Waals surface area contributed by atoms with Gasteiger partial charge in [-0.2, -0.15) is 0 Å². The number of thiophene rings is 1. The Balaban J connectivity index is 1.72. The highest BCUT2D eigenvalue weighted by Gasteiger charge is 2.34. The SMILES string of the molecule is CCOc1ccc(N(C(=O)Cc2cccs2)[C@@H](C(=O)NC2CCCC2)c2ccccc2)cc1. The van der Waals surface area contributed by atoms with Gasteiger partial charge in [0.05, 0.1) is 13.0 Å². The van der Waals surface area contributed by atoms with Gasteiger partial charge in [0.25, 0.3) is 0 Å². The normalized spacial score (nSPS) is 14.6. The number of carbonyl (C=O) groups is 2. The summed E-state index contributed by atoms with van der Waals surface area (Å²) in [5.74, 6) is 0.483. The Kier molecular flexibility index (Phi) is 7.79. The number of amides is 2. The highest BCUT2D eigenvalue weighted by atomic mass is 32.1. The lowest BCUT2D eigenvalue weighted by Gasteiger charge is -2.32. The Morgan fingerprint density at radius 2 is 1.76 bits per heavy atom. The molecule has 1 atom stereocenters. The van der Waals surface area contributed by atoms with Crippen LogP contribution in [0.1, 0.15) is 49.1 Å². The third kappa shape index (κ3) is 5.82. The molecule has 33 heavy (non-hydrogen) atoms. The van der Waals surface area contributed by atoms with Gasteiger partial charge in [-0.25, -0.2) is 0 Å². The number of nitrogens with zero attached hydrogens (tertiary/aromatic N) is 1. The third-order valence-corrected chi connectivity index (χ3v) is 6.80. The summed E-state index contributed by atoms with van der Waals surface area (Å²) in [7, 11) is 0. The van der Waals surface area contributed by atoms with Crippen molar-refractivity contribution < 1.29 is 14.3 Å². The number of anilines is 1. The van der Waals surface area contributed by atoms with Crippen molar-refractivity contribution in [1.29, 1.82) is 0 Å². The lowest BCUT2D eigenvalue weighted by Crippen LogP contribution is -2.46. The van der Waals surface area contributed by atoms with Gasteiger partial charge in [-0.15, -0.1) is 11.3 Å². The molecule has 1 N–H and O–H groups in total. The van der Waals surface area contributed by atoms with E-state index >= 15 is 0 Å². The average molecular weight is 463 g/mol. The molecule has 1 heterocycles. The molecule has 4 rings (SSSR count). The van der Waals surface area contributed by atoms with E-state index in [4.69, 9.17) is 4.74 Å². The first kappa shape index (κ1) is 23.1. The van der Waals surface area contributed by atoms with Crippen molar-refractivity contribution in [3.8, 4) is 5.75 Å². The molecule has 2 amide bonds. The molecule has 0 spiro atoms. The summed E-state index contributed by atoms with van der Waals surface area (Å²) in [5, 5.41) is 5.18. The van der Waals surface area contributed by atoms with E-state index in [2.05, 4.69) is 5.32 Å². The van der Waals surface area contributed by atoms with E-state index in [1.54, 1.807) is 16.2 Å². The first-order chi connectivity index (χ1) is 16.2. The Morgan fingerprint density at radius 3 is 2.39 bits per heavy atom. The van der Waals surface area contributed by atoms with Crippen molar-refractivity contribution in [3.63, 3.8) is 0 Å². The summed E-state index contributed by atoms with van der Waals surface area (Å²) in [6, 6.07) is 20.3. The maximum atomic E-state index is 13.7. The molecule has 1 aliphatic carbocycles. The fourth-order valence-corrected chi connectivity index (χ4v) is 5.05. The molecule has 1 aliphatic rings. The second-order valence-corrected chi connectivity index (χ2v) is 9.28. The predicted octanol–water partition coefficient (Wildman–Crippen LogP) is 5.52. The maximum Gasteiger partial charge on any atom is 0.248 e. The van der Waals surface area contributed by atoms with Gasteiger partial charge in [0, 0.05) is 16.6 Å². The van der Waals surface area contributed by atoms with Crippen LogP contribution in [0.15, 0.2) is 72.1 Å². The summed E-state index contributed by atoms with van der Waals surface area (Å²) in [6.45, 7) is 2.50. The van der Waals surface area contributed by atoms with E-state index in [1.165, 1.54) is 0 Å². The van der Waals surface area contributed by atoms with Gasteiger partial charge in [-0.1, -0.05) is 49.2 Å². The lowest BCUT2D eigenvalue weighted by molar-refractivity contribution is -0.127. The average Bonchev–Trinajstić information content (AvgIpc) is 3.53. The van der Waals surface area contributed by atoms with Crippen LogP contribution in [-0.2, 0) is 16.0 Å². The van der Waals surface area contributed by atoms with Gasteiger partial charge >= 0.3 is 0 Å². The number of rotatable bonds is 9. The molecule has 0 radical (unpaired) electrons. The Bertz CT molecular complexity index is 1030. The molecular weight excluding hydrogens is 432 g/mol. The first-order valence-electron chi connectivity index (χ1n) is 11.6. The summed E-state index contributed by atoms with van der Waals surface area (Å²) in [5.41, 5.74) is 1.47. The minimum Gasteiger partial charge on any atom is -0.494 e. The molecule has 0 bridgehead atoms. The molecule has 3 aromatic rings. The third-order valence-electron chi connectivity index (χ3n) is 5.92. The van der Waals surface area contributed by atoms with Crippen LogP contribution in [0.3, 0.4) is 0 Å². The van der Waals surface area contributed by atoms with E-state index in [1.807, 2.05) is 79.0 Å². The van der Waals surface area contributed by atoms with Crippen molar-refractivity contribution >= 4 is 28.8 Å². The zero-order valence-corrected chi connectivity index (χ0v) is 19.7. The molecule has 1 aromatic heterocycles. The monoisotopic (exact) mass is 462 g/mol. The zero-order valence-electron chi connectivity index (χ0n) is 18.9.